The Labute approximate surface area is 129 Å². The van der Waals surface area contributed by atoms with Crippen molar-refractivity contribution in [3.63, 3.8) is 0 Å². The molecule has 2 N–H and O–H groups in total. The van der Waals surface area contributed by atoms with Gasteiger partial charge in [-0.3, -0.25) is 14.6 Å². The number of hydrogen-bond donors (Lipinski definition) is 2. The van der Waals surface area contributed by atoms with Crippen LogP contribution in [0, 0.1) is 0 Å². The maximum absolute atomic E-state index is 12.1. The monoisotopic (exact) mass is 297 g/mol. The standard InChI is InChI=1S/C17H19N3O2/c1-17(2,3)20-16(22)14-10-9-12(11-18-14)15(21)19-13-7-5-4-6-8-13/h4-11H,1-3H3,(H,19,21)(H,20,22). The van der Waals surface area contributed by atoms with Gasteiger partial charge in [-0.05, 0) is 45.0 Å². The summed E-state index contributed by atoms with van der Waals surface area (Å²) >= 11 is 0. The normalized spacial score (nSPS) is 10.9. The second-order valence-corrected chi connectivity index (χ2v) is 5.96. The van der Waals surface area contributed by atoms with Crippen molar-refractivity contribution < 1.29 is 9.59 Å². The Balaban J connectivity index is 2.05. The van der Waals surface area contributed by atoms with Crippen molar-refractivity contribution in [3.05, 3.63) is 59.9 Å². The van der Waals surface area contributed by atoms with Gasteiger partial charge in [0.15, 0.2) is 0 Å². The Morgan fingerprint density at radius 3 is 2.18 bits per heavy atom. The van der Waals surface area contributed by atoms with Crippen molar-refractivity contribution in [2.75, 3.05) is 5.32 Å². The second kappa shape index (κ2) is 6.39. The fraction of sp³-hybridized carbons (Fsp3) is 0.235. The highest BCUT2D eigenvalue weighted by atomic mass is 16.2. The molecule has 1 heterocycles. The molecule has 0 fully saturated rings. The van der Waals surface area contributed by atoms with Crippen molar-refractivity contribution in [3.8, 4) is 0 Å². The molecule has 2 rings (SSSR count). The van der Waals surface area contributed by atoms with Crippen molar-refractivity contribution in [1.29, 1.82) is 0 Å². The number of benzene rings is 1. The summed E-state index contributed by atoms with van der Waals surface area (Å²) in [6.07, 6.45) is 1.40. The Morgan fingerprint density at radius 1 is 0.955 bits per heavy atom. The van der Waals surface area contributed by atoms with Gasteiger partial charge in [0, 0.05) is 17.4 Å². The molecular formula is C17H19N3O2. The quantitative estimate of drug-likeness (QED) is 0.915. The third-order valence-corrected chi connectivity index (χ3v) is 2.78. The van der Waals surface area contributed by atoms with Crippen LogP contribution in [0.5, 0.6) is 0 Å². The summed E-state index contributed by atoms with van der Waals surface area (Å²) in [6, 6.07) is 12.3. The molecule has 0 aliphatic rings. The third kappa shape index (κ3) is 4.41. The van der Waals surface area contributed by atoms with Crippen LogP contribution in [0.1, 0.15) is 41.6 Å². The summed E-state index contributed by atoms with van der Waals surface area (Å²) < 4.78 is 0. The molecule has 1 aromatic heterocycles. The fourth-order valence-electron chi connectivity index (χ4n) is 1.79. The van der Waals surface area contributed by atoms with Crippen LogP contribution in [-0.2, 0) is 0 Å². The Kier molecular flexibility index (Phi) is 4.56. The van der Waals surface area contributed by atoms with E-state index in [2.05, 4.69) is 15.6 Å². The number of rotatable bonds is 3. The van der Waals surface area contributed by atoms with E-state index in [0.717, 1.165) is 0 Å². The maximum Gasteiger partial charge on any atom is 0.270 e. The predicted molar refractivity (Wildman–Crippen MR) is 85.9 cm³/mol. The number of hydrogen-bond acceptors (Lipinski definition) is 3. The molecule has 0 spiro atoms. The second-order valence-electron chi connectivity index (χ2n) is 5.96. The zero-order valence-electron chi connectivity index (χ0n) is 12.9. The van der Waals surface area contributed by atoms with E-state index in [1.165, 1.54) is 6.20 Å². The molecule has 2 aromatic rings. The minimum Gasteiger partial charge on any atom is -0.346 e. The van der Waals surface area contributed by atoms with Crippen molar-refractivity contribution in [2.24, 2.45) is 0 Å². The molecule has 5 nitrogen and oxygen atoms in total. The first-order chi connectivity index (χ1) is 10.3. The van der Waals surface area contributed by atoms with E-state index in [-0.39, 0.29) is 23.0 Å². The molecule has 2 amide bonds. The summed E-state index contributed by atoms with van der Waals surface area (Å²) in [7, 11) is 0. The fourth-order valence-corrected chi connectivity index (χ4v) is 1.79. The van der Waals surface area contributed by atoms with E-state index < -0.39 is 0 Å². The number of aromatic nitrogens is 1. The van der Waals surface area contributed by atoms with Crippen molar-refractivity contribution >= 4 is 17.5 Å². The van der Waals surface area contributed by atoms with Gasteiger partial charge in [-0.1, -0.05) is 18.2 Å². The SMILES string of the molecule is CC(C)(C)NC(=O)c1ccc(C(=O)Nc2ccccc2)cn1. The Bertz CT molecular complexity index is 659. The summed E-state index contributed by atoms with van der Waals surface area (Å²) in [5, 5.41) is 5.59. The van der Waals surface area contributed by atoms with Crippen molar-refractivity contribution in [1.82, 2.24) is 10.3 Å². The number of amides is 2. The highest BCUT2D eigenvalue weighted by Gasteiger charge is 2.16. The molecule has 5 heteroatoms. The number of nitrogens with zero attached hydrogens (tertiary/aromatic N) is 1. The third-order valence-electron chi connectivity index (χ3n) is 2.78. The first kappa shape index (κ1) is 15.7. The van der Waals surface area contributed by atoms with Crippen LogP contribution in [0.15, 0.2) is 48.7 Å². The van der Waals surface area contributed by atoms with Gasteiger partial charge < -0.3 is 10.6 Å². The van der Waals surface area contributed by atoms with E-state index >= 15 is 0 Å². The molecule has 0 saturated heterocycles. The summed E-state index contributed by atoms with van der Waals surface area (Å²) in [5.41, 5.74) is 1.06. The molecule has 0 aliphatic carbocycles. The van der Waals surface area contributed by atoms with E-state index in [9.17, 15) is 9.59 Å². The molecule has 0 aliphatic heterocycles. The van der Waals surface area contributed by atoms with Crippen molar-refractivity contribution in [2.45, 2.75) is 26.3 Å². The number of pyridine rings is 1. The highest BCUT2D eigenvalue weighted by Crippen LogP contribution is 2.09. The Morgan fingerprint density at radius 2 is 1.64 bits per heavy atom. The van der Waals surface area contributed by atoms with Crippen LogP contribution in [0.25, 0.3) is 0 Å². The molecule has 0 radical (unpaired) electrons. The van der Waals surface area contributed by atoms with E-state index in [1.807, 2.05) is 39.0 Å². The van der Waals surface area contributed by atoms with Gasteiger partial charge in [0.05, 0.1) is 5.56 Å². The number of nitrogens with one attached hydrogen (secondary N) is 2. The lowest BCUT2D eigenvalue weighted by molar-refractivity contribution is 0.0912. The average molecular weight is 297 g/mol. The largest absolute Gasteiger partial charge is 0.346 e. The summed E-state index contributed by atoms with van der Waals surface area (Å²) in [4.78, 5) is 28.1. The van der Waals surface area contributed by atoms with Crippen LogP contribution >= 0.6 is 0 Å². The minimum atomic E-state index is -0.331. The molecule has 0 saturated carbocycles. The maximum atomic E-state index is 12.1. The lowest BCUT2D eigenvalue weighted by Gasteiger charge is -2.20. The minimum absolute atomic E-state index is 0.262. The zero-order chi connectivity index (χ0) is 16.2. The number of carbonyl (C=O) groups is 2. The van der Waals surface area contributed by atoms with Gasteiger partial charge in [-0.25, -0.2) is 0 Å². The number of para-hydroxylation sites is 1. The smallest absolute Gasteiger partial charge is 0.270 e. The topological polar surface area (TPSA) is 71.1 Å². The van der Waals surface area contributed by atoms with E-state index in [4.69, 9.17) is 0 Å². The first-order valence-corrected chi connectivity index (χ1v) is 7.00. The summed E-state index contributed by atoms with van der Waals surface area (Å²) in [6.45, 7) is 5.69. The molecule has 0 unspecified atom stereocenters. The van der Waals surface area contributed by atoms with E-state index in [0.29, 0.717) is 11.3 Å². The van der Waals surface area contributed by atoms with Gasteiger partial charge >= 0.3 is 0 Å². The van der Waals surface area contributed by atoms with Crippen LogP contribution < -0.4 is 10.6 Å². The lowest BCUT2D eigenvalue weighted by atomic mass is 10.1. The van der Waals surface area contributed by atoms with Gasteiger partial charge in [-0.15, -0.1) is 0 Å². The van der Waals surface area contributed by atoms with Gasteiger partial charge in [-0.2, -0.15) is 0 Å². The molecule has 22 heavy (non-hydrogen) atoms. The molecule has 1 aromatic carbocycles. The number of carbonyl (C=O) groups excluding carboxylic acids is 2. The molecule has 0 bridgehead atoms. The van der Waals surface area contributed by atoms with Crippen LogP contribution in [0.3, 0.4) is 0 Å². The van der Waals surface area contributed by atoms with Crippen LogP contribution in [-0.4, -0.2) is 22.3 Å². The van der Waals surface area contributed by atoms with Gasteiger partial charge in [0.1, 0.15) is 5.69 Å². The average Bonchev–Trinajstić information content (AvgIpc) is 2.46. The molecular weight excluding hydrogens is 278 g/mol. The Hall–Kier alpha value is -2.69. The first-order valence-electron chi connectivity index (χ1n) is 7.00. The van der Waals surface area contributed by atoms with Gasteiger partial charge in [0.25, 0.3) is 11.8 Å². The lowest BCUT2D eigenvalue weighted by Crippen LogP contribution is -2.40. The highest BCUT2D eigenvalue weighted by molar-refractivity contribution is 6.04. The van der Waals surface area contributed by atoms with Crippen LogP contribution in [0.4, 0.5) is 5.69 Å². The van der Waals surface area contributed by atoms with Crippen LogP contribution in [0.2, 0.25) is 0 Å². The predicted octanol–water partition coefficient (Wildman–Crippen LogP) is 2.86. The number of anilines is 1. The summed E-state index contributed by atoms with van der Waals surface area (Å²) in [5.74, 6) is -0.524. The molecule has 114 valence electrons. The zero-order valence-corrected chi connectivity index (χ0v) is 12.9. The van der Waals surface area contributed by atoms with E-state index in [1.54, 1.807) is 24.3 Å². The van der Waals surface area contributed by atoms with Gasteiger partial charge in [0.2, 0.25) is 0 Å². The molecule has 0 atom stereocenters.